The number of rotatable bonds is 4. The van der Waals surface area contributed by atoms with E-state index in [4.69, 9.17) is 5.26 Å². The summed E-state index contributed by atoms with van der Waals surface area (Å²) in [6.45, 7) is 2.96. The SMILES string of the molecule is CCn1ncnc1CN(C#N)c1ccc(F)cc1. The van der Waals surface area contributed by atoms with Gasteiger partial charge >= 0.3 is 0 Å². The van der Waals surface area contributed by atoms with Crippen LogP contribution in [0.3, 0.4) is 0 Å². The zero-order chi connectivity index (χ0) is 13.0. The minimum atomic E-state index is -0.326. The van der Waals surface area contributed by atoms with Gasteiger partial charge in [-0.3, -0.25) is 4.90 Å². The molecule has 1 aromatic carbocycles. The molecular formula is C12H12FN5. The van der Waals surface area contributed by atoms with E-state index in [9.17, 15) is 4.39 Å². The standard InChI is InChI=1S/C12H12FN5/c1-2-18-12(15-9-16-18)7-17(8-14)11-5-3-10(13)4-6-11/h3-6,9H,2,7H2,1H3. The van der Waals surface area contributed by atoms with Crippen LogP contribution in [0.4, 0.5) is 10.1 Å². The summed E-state index contributed by atoms with van der Waals surface area (Å²) in [6.07, 6.45) is 3.51. The third kappa shape index (κ3) is 2.46. The number of nitrogens with zero attached hydrogens (tertiary/aromatic N) is 5. The smallest absolute Gasteiger partial charge is 0.184 e. The topological polar surface area (TPSA) is 57.7 Å². The Hall–Kier alpha value is -2.42. The number of hydrogen-bond acceptors (Lipinski definition) is 4. The van der Waals surface area contributed by atoms with E-state index in [0.717, 1.165) is 0 Å². The van der Waals surface area contributed by atoms with Crippen molar-refractivity contribution < 1.29 is 4.39 Å². The monoisotopic (exact) mass is 245 g/mol. The molecule has 0 N–H and O–H groups in total. The molecule has 1 heterocycles. The highest BCUT2D eigenvalue weighted by Gasteiger charge is 2.10. The average Bonchev–Trinajstić information content (AvgIpc) is 2.84. The van der Waals surface area contributed by atoms with Crippen molar-refractivity contribution in [2.24, 2.45) is 0 Å². The van der Waals surface area contributed by atoms with E-state index >= 15 is 0 Å². The molecule has 0 saturated heterocycles. The number of halogens is 1. The summed E-state index contributed by atoms with van der Waals surface area (Å²) >= 11 is 0. The summed E-state index contributed by atoms with van der Waals surface area (Å²) < 4.78 is 14.5. The van der Waals surface area contributed by atoms with Gasteiger partial charge in [0.2, 0.25) is 0 Å². The van der Waals surface area contributed by atoms with Gasteiger partial charge in [-0.2, -0.15) is 10.4 Å². The van der Waals surface area contributed by atoms with Gasteiger partial charge in [0.1, 0.15) is 18.0 Å². The van der Waals surface area contributed by atoms with Gasteiger partial charge in [-0.15, -0.1) is 0 Å². The fraction of sp³-hybridized carbons (Fsp3) is 0.250. The highest BCUT2D eigenvalue weighted by Crippen LogP contribution is 2.16. The summed E-state index contributed by atoms with van der Waals surface area (Å²) in [5.41, 5.74) is 0.629. The van der Waals surface area contributed by atoms with Crippen molar-refractivity contribution in [3.8, 4) is 6.19 Å². The van der Waals surface area contributed by atoms with Gasteiger partial charge in [-0.05, 0) is 31.2 Å². The van der Waals surface area contributed by atoms with Crippen molar-refractivity contribution >= 4 is 5.69 Å². The molecule has 92 valence electrons. The van der Waals surface area contributed by atoms with Crippen molar-refractivity contribution in [3.63, 3.8) is 0 Å². The van der Waals surface area contributed by atoms with E-state index in [2.05, 4.69) is 16.3 Å². The van der Waals surface area contributed by atoms with Crippen LogP contribution in [0, 0.1) is 17.3 Å². The van der Waals surface area contributed by atoms with Gasteiger partial charge in [0.25, 0.3) is 0 Å². The Kier molecular flexibility index (Phi) is 3.53. The molecule has 0 atom stereocenters. The van der Waals surface area contributed by atoms with Crippen molar-refractivity contribution in [2.75, 3.05) is 4.90 Å². The normalized spacial score (nSPS) is 10.1. The molecule has 18 heavy (non-hydrogen) atoms. The summed E-state index contributed by atoms with van der Waals surface area (Å²) in [6, 6.07) is 5.77. The predicted molar refractivity (Wildman–Crippen MR) is 63.9 cm³/mol. The second kappa shape index (κ2) is 5.27. The van der Waals surface area contributed by atoms with Gasteiger partial charge in [0, 0.05) is 6.54 Å². The molecule has 0 bridgehead atoms. The molecule has 2 rings (SSSR count). The minimum absolute atomic E-state index is 0.315. The van der Waals surface area contributed by atoms with Crippen LogP contribution in [0.1, 0.15) is 12.7 Å². The largest absolute Gasteiger partial charge is 0.272 e. The highest BCUT2D eigenvalue weighted by atomic mass is 19.1. The Morgan fingerprint density at radius 3 is 2.72 bits per heavy atom. The molecule has 0 unspecified atom stereocenters. The first kappa shape index (κ1) is 12.0. The van der Waals surface area contributed by atoms with Crippen LogP contribution >= 0.6 is 0 Å². The average molecular weight is 245 g/mol. The Labute approximate surface area is 104 Å². The molecule has 0 spiro atoms. The van der Waals surface area contributed by atoms with Crippen LogP contribution in [-0.4, -0.2) is 14.8 Å². The number of hydrogen-bond donors (Lipinski definition) is 0. The van der Waals surface area contributed by atoms with Crippen LogP contribution in [0.25, 0.3) is 0 Å². The third-order valence-electron chi connectivity index (χ3n) is 2.55. The van der Waals surface area contributed by atoms with Crippen molar-refractivity contribution in [1.29, 1.82) is 5.26 Å². The number of anilines is 1. The molecule has 0 aliphatic carbocycles. The number of aryl methyl sites for hydroxylation is 1. The second-order valence-electron chi connectivity index (χ2n) is 3.65. The molecule has 2 aromatic rings. The van der Waals surface area contributed by atoms with Gasteiger partial charge in [0.15, 0.2) is 6.19 Å². The Bertz CT molecular complexity index is 555. The van der Waals surface area contributed by atoms with Crippen LogP contribution in [0.5, 0.6) is 0 Å². The minimum Gasteiger partial charge on any atom is -0.272 e. The lowest BCUT2D eigenvalue weighted by Gasteiger charge is -2.15. The zero-order valence-corrected chi connectivity index (χ0v) is 9.91. The Morgan fingerprint density at radius 1 is 1.39 bits per heavy atom. The number of benzene rings is 1. The Morgan fingerprint density at radius 2 is 2.11 bits per heavy atom. The van der Waals surface area contributed by atoms with E-state index in [0.29, 0.717) is 24.6 Å². The van der Waals surface area contributed by atoms with Gasteiger partial charge in [0.05, 0.1) is 12.2 Å². The fourth-order valence-corrected chi connectivity index (χ4v) is 1.62. The molecule has 0 amide bonds. The third-order valence-corrected chi connectivity index (χ3v) is 2.55. The highest BCUT2D eigenvalue weighted by molar-refractivity contribution is 5.50. The fourth-order valence-electron chi connectivity index (χ4n) is 1.62. The van der Waals surface area contributed by atoms with E-state index in [1.165, 1.54) is 23.4 Å². The number of nitriles is 1. The lowest BCUT2D eigenvalue weighted by molar-refractivity contribution is 0.613. The van der Waals surface area contributed by atoms with Crippen LogP contribution in [0.2, 0.25) is 0 Å². The van der Waals surface area contributed by atoms with Crippen LogP contribution in [0.15, 0.2) is 30.6 Å². The van der Waals surface area contributed by atoms with Gasteiger partial charge in [-0.25, -0.2) is 14.1 Å². The van der Waals surface area contributed by atoms with Crippen molar-refractivity contribution in [3.05, 3.63) is 42.2 Å². The van der Waals surface area contributed by atoms with Crippen LogP contribution in [-0.2, 0) is 13.1 Å². The van der Waals surface area contributed by atoms with Crippen molar-refractivity contribution in [1.82, 2.24) is 14.8 Å². The molecule has 1 aromatic heterocycles. The molecule has 0 aliphatic heterocycles. The first-order valence-electron chi connectivity index (χ1n) is 5.54. The second-order valence-corrected chi connectivity index (χ2v) is 3.65. The lowest BCUT2D eigenvalue weighted by atomic mass is 10.3. The van der Waals surface area contributed by atoms with E-state index in [-0.39, 0.29) is 5.82 Å². The molecule has 0 fully saturated rings. The summed E-state index contributed by atoms with van der Waals surface area (Å²) in [5.74, 6) is 0.372. The quantitative estimate of drug-likeness (QED) is 0.610. The van der Waals surface area contributed by atoms with E-state index in [1.807, 2.05) is 6.92 Å². The lowest BCUT2D eigenvalue weighted by Crippen LogP contribution is -2.19. The molecule has 0 saturated carbocycles. The predicted octanol–water partition coefficient (Wildman–Crippen LogP) is 1.92. The Balaban J connectivity index is 2.20. The molecule has 0 radical (unpaired) electrons. The van der Waals surface area contributed by atoms with Crippen molar-refractivity contribution in [2.45, 2.75) is 20.0 Å². The van der Waals surface area contributed by atoms with Crippen LogP contribution < -0.4 is 4.90 Å². The first-order chi connectivity index (χ1) is 8.74. The molecule has 5 nitrogen and oxygen atoms in total. The first-order valence-corrected chi connectivity index (χ1v) is 5.54. The molecule has 6 heteroatoms. The van der Waals surface area contributed by atoms with Gasteiger partial charge in [-0.1, -0.05) is 0 Å². The zero-order valence-electron chi connectivity index (χ0n) is 9.91. The maximum Gasteiger partial charge on any atom is 0.184 e. The van der Waals surface area contributed by atoms with Gasteiger partial charge < -0.3 is 0 Å². The maximum atomic E-state index is 12.8. The van der Waals surface area contributed by atoms with E-state index in [1.54, 1.807) is 16.8 Å². The molecule has 0 aliphatic rings. The summed E-state index contributed by atoms with van der Waals surface area (Å²) in [5, 5.41) is 13.2. The molecular weight excluding hydrogens is 233 g/mol. The van der Waals surface area contributed by atoms with E-state index < -0.39 is 0 Å². The summed E-state index contributed by atoms with van der Waals surface area (Å²) in [7, 11) is 0. The number of aromatic nitrogens is 3. The maximum absolute atomic E-state index is 12.8. The summed E-state index contributed by atoms with van der Waals surface area (Å²) in [4.78, 5) is 5.54.